The number of hydrogen-bond donors (Lipinski definition) is 0. The molecule has 1 aliphatic rings. The Bertz CT molecular complexity index is 1230. The molecule has 1 heterocycles. The number of rotatable bonds is 5. The van der Waals surface area contributed by atoms with Crippen LogP contribution in [0.2, 0.25) is 10.0 Å². The molecule has 0 amide bonds. The van der Waals surface area contributed by atoms with Gasteiger partial charge in [-0.15, -0.1) is 11.3 Å². The molecule has 0 saturated heterocycles. The molecule has 0 N–H and O–H groups in total. The maximum absolute atomic E-state index is 9.79. The van der Waals surface area contributed by atoms with Crippen molar-refractivity contribution in [1.29, 1.82) is 5.26 Å². The molecule has 0 fully saturated rings. The van der Waals surface area contributed by atoms with Gasteiger partial charge in [-0.1, -0.05) is 62.2 Å². The van der Waals surface area contributed by atoms with Gasteiger partial charge in [0.15, 0.2) is 0 Å². The predicted molar refractivity (Wildman–Crippen MR) is 138 cm³/mol. The first-order valence-electron chi connectivity index (χ1n) is 11.0. The van der Waals surface area contributed by atoms with Crippen LogP contribution in [0.1, 0.15) is 54.3 Å². The van der Waals surface area contributed by atoms with Gasteiger partial charge in [-0.2, -0.15) is 5.26 Å². The second kappa shape index (κ2) is 9.89. The second-order valence-electron chi connectivity index (χ2n) is 9.46. The zero-order valence-electron chi connectivity index (χ0n) is 19.0. The van der Waals surface area contributed by atoms with Crippen LogP contribution >= 0.6 is 34.5 Å². The maximum atomic E-state index is 9.79. The highest BCUT2D eigenvalue weighted by Gasteiger charge is 2.32. The number of hydrogen-bond acceptors (Lipinski definition) is 4. The summed E-state index contributed by atoms with van der Waals surface area (Å²) in [4.78, 5) is 6.02. The lowest BCUT2D eigenvalue weighted by molar-refractivity contribution is 0.218. The predicted octanol–water partition coefficient (Wildman–Crippen LogP) is 8.41. The SMILES string of the molecule is CC(C)(C)[C@@H]1CCc2c(sc(N=Cc3cccc(OCc4ccc(Cl)cc4Cl)c3)c2C#N)C1. The van der Waals surface area contributed by atoms with E-state index in [0.717, 1.165) is 46.7 Å². The Morgan fingerprint density at radius 3 is 2.76 bits per heavy atom. The molecular weight excluding hydrogens is 471 g/mol. The first-order chi connectivity index (χ1) is 15.7. The van der Waals surface area contributed by atoms with Gasteiger partial charge in [-0.05, 0) is 66.0 Å². The zero-order valence-corrected chi connectivity index (χ0v) is 21.3. The van der Waals surface area contributed by atoms with Gasteiger partial charge < -0.3 is 4.74 Å². The number of nitrogens with zero attached hydrogens (tertiary/aromatic N) is 2. The molecule has 0 unspecified atom stereocenters. The van der Waals surface area contributed by atoms with E-state index < -0.39 is 0 Å². The van der Waals surface area contributed by atoms with E-state index in [2.05, 4.69) is 26.8 Å². The first kappa shape index (κ1) is 23.8. The summed E-state index contributed by atoms with van der Waals surface area (Å²) in [6.45, 7) is 7.26. The van der Waals surface area contributed by atoms with Crippen LogP contribution in [0.5, 0.6) is 5.75 Å². The third-order valence-electron chi connectivity index (χ3n) is 6.18. The van der Waals surface area contributed by atoms with Gasteiger partial charge in [0.1, 0.15) is 23.4 Å². The minimum Gasteiger partial charge on any atom is -0.489 e. The number of thiophene rings is 1. The van der Waals surface area contributed by atoms with Crippen LogP contribution in [0.4, 0.5) is 5.00 Å². The fourth-order valence-corrected chi connectivity index (χ4v) is 5.82. The Morgan fingerprint density at radius 2 is 2.03 bits per heavy atom. The lowest BCUT2D eigenvalue weighted by Crippen LogP contribution is -2.26. The van der Waals surface area contributed by atoms with Crippen molar-refractivity contribution in [3.05, 3.63) is 79.6 Å². The number of ether oxygens (including phenoxy) is 1. The topological polar surface area (TPSA) is 45.4 Å². The highest BCUT2D eigenvalue weighted by molar-refractivity contribution is 7.16. The highest BCUT2D eigenvalue weighted by Crippen LogP contribution is 2.44. The molecule has 3 nitrogen and oxygen atoms in total. The molecule has 2 aromatic carbocycles. The van der Waals surface area contributed by atoms with Crippen molar-refractivity contribution in [2.45, 2.75) is 46.6 Å². The van der Waals surface area contributed by atoms with E-state index >= 15 is 0 Å². The molecule has 0 saturated carbocycles. The van der Waals surface area contributed by atoms with Crippen molar-refractivity contribution in [3.63, 3.8) is 0 Å². The fraction of sp³-hybridized carbons (Fsp3) is 0.333. The average molecular weight is 497 g/mol. The van der Waals surface area contributed by atoms with Gasteiger partial charge in [-0.3, -0.25) is 0 Å². The van der Waals surface area contributed by atoms with Gasteiger partial charge in [0.25, 0.3) is 0 Å². The Hall–Kier alpha value is -2.32. The number of nitriles is 1. The summed E-state index contributed by atoms with van der Waals surface area (Å²) in [5.41, 5.74) is 4.00. The van der Waals surface area contributed by atoms with Crippen LogP contribution < -0.4 is 4.74 Å². The van der Waals surface area contributed by atoms with Crippen LogP contribution in [0, 0.1) is 22.7 Å². The summed E-state index contributed by atoms with van der Waals surface area (Å²) < 4.78 is 5.92. The van der Waals surface area contributed by atoms with E-state index in [9.17, 15) is 5.26 Å². The Labute approximate surface area is 209 Å². The largest absolute Gasteiger partial charge is 0.489 e. The lowest BCUT2D eigenvalue weighted by atomic mass is 9.72. The molecule has 170 valence electrons. The van der Waals surface area contributed by atoms with Gasteiger partial charge in [0, 0.05) is 26.7 Å². The minimum absolute atomic E-state index is 0.272. The molecule has 0 spiro atoms. The Morgan fingerprint density at radius 1 is 1.21 bits per heavy atom. The standard InChI is InChI=1S/C27H26Cl2N2OS/c1-27(2,3)19-8-10-22-23(14-30)26(33-25(22)12-19)31-15-17-5-4-6-21(11-17)32-16-18-7-9-20(28)13-24(18)29/h4-7,9,11,13,15,19H,8,10,12,16H2,1-3H3/t19-/m1/s1. The summed E-state index contributed by atoms with van der Waals surface area (Å²) in [5, 5.41) is 11.8. The lowest BCUT2D eigenvalue weighted by Gasteiger charge is -2.33. The molecule has 3 aromatic rings. The van der Waals surface area contributed by atoms with E-state index in [1.807, 2.05) is 36.5 Å². The number of fused-ring (bicyclic) bond motifs is 1. The minimum atomic E-state index is 0.272. The van der Waals surface area contributed by atoms with Gasteiger partial charge in [0.2, 0.25) is 0 Å². The molecule has 1 atom stereocenters. The molecule has 6 heteroatoms. The van der Waals surface area contributed by atoms with E-state index in [0.29, 0.717) is 22.6 Å². The van der Waals surface area contributed by atoms with Crippen LogP contribution in [-0.2, 0) is 19.4 Å². The van der Waals surface area contributed by atoms with E-state index in [1.54, 1.807) is 23.5 Å². The Balaban J connectivity index is 1.50. The van der Waals surface area contributed by atoms with E-state index in [1.165, 1.54) is 10.4 Å². The monoisotopic (exact) mass is 496 g/mol. The van der Waals surface area contributed by atoms with Gasteiger partial charge in [0.05, 0.1) is 5.56 Å². The molecule has 0 radical (unpaired) electrons. The zero-order chi connectivity index (χ0) is 23.6. The summed E-state index contributed by atoms with van der Waals surface area (Å²) in [6.07, 6.45) is 4.93. The van der Waals surface area contributed by atoms with Crippen molar-refractivity contribution in [2.75, 3.05) is 0 Å². The van der Waals surface area contributed by atoms with Gasteiger partial charge in [-0.25, -0.2) is 4.99 Å². The van der Waals surface area contributed by atoms with E-state index in [-0.39, 0.29) is 5.41 Å². The maximum Gasteiger partial charge on any atom is 0.134 e. The average Bonchev–Trinajstić information content (AvgIpc) is 3.13. The number of aliphatic imine (C=N–C) groups is 1. The molecule has 4 rings (SSSR count). The third-order valence-corrected chi connectivity index (χ3v) is 7.93. The van der Waals surface area contributed by atoms with Gasteiger partial charge >= 0.3 is 0 Å². The summed E-state index contributed by atoms with van der Waals surface area (Å²) in [7, 11) is 0. The molecular formula is C27H26Cl2N2OS. The van der Waals surface area contributed by atoms with Crippen molar-refractivity contribution in [2.24, 2.45) is 16.3 Å². The molecule has 1 aromatic heterocycles. The van der Waals surface area contributed by atoms with Crippen molar-refractivity contribution in [1.82, 2.24) is 0 Å². The molecule has 0 bridgehead atoms. The first-order valence-corrected chi connectivity index (χ1v) is 12.6. The Kier molecular flexibility index (Phi) is 7.14. The summed E-state index contributed by atoms with van der Waals surface area (Å²) in [6, 6.07) is 15.5. The van der Waals surface area contributed by atoms with Crippen LogP contribution in [-0.4, -0.2) is 6.21 Å². The summed E-state index contributed by atoms with van der Waals surface area (Å²) >= 11 is 13.9. The second-order valence-corrected chi connectivity index (χ2v) is 11.4. The highest BCUT2D eigenvalue weighted by atomic mass is 35.5. The van der Waals surface area contributed by atoms with E-state index in [4.69, 9.17) is 32.9 Å². The van der Waals surface area contributed by atoms with Crippen LogP contribution in [0.15, 0.2) is 47.5 Å². The number of halogens is 2. The smallest absolute Gasteiger partial charge is 0.134 e. The fourth-order valence-electron chi connectivity index (χ4n) is 4.13. The van der Waals surface area contributed by atoms with Crippen molar-refractivity contribution in [3.8, 4) is 11.8 Å². The van der Waals surface area contributed by atoms with Crippen molar-refractivity contribution < 1.29 is 4.74 Å². The number of benzene rings is 2. The summed E-state index contributed by atoms with van der Waals surface area (Å²) in [5.74, 6) is 1.36. The quantitative estimate of drug-likeness (QED) is 0.332. The van der Waals surface area contributed by atoms with Crippen molar-refractivity contribution >= 4 is 45.8 Å². The third kappa shape index (κ3) is 5.61. The molecule has 33 heavy (non-hydrogen) atoms. The molecule has 1 aliphatic carbocycles. The van der Waals surface area contributed by atoms with Crippen LogP contribution in [0.25, 0.3) is 0 Å². The molecule has 0 aliphatic heterocycles. The van der Waals surface area contributed by atoms with Crippen LogP contribution in [0.3, 0.4) is 0 Å². The normalized spacial score (nSPS) is 15.9.